The van der Waals surface area contributed by atoms with E-state index in [-0.39, 0.29) is 29.4 Å². The number of hydrogen-bond acceptors (Lipinski definition) is 6. The maximum Gasteiger partial charge on any atom is 0.270 e. The molecule has 4 N–H and O–H groups in total. The van der Waals surface area contributed by atoms with E-state index in [4.69, 9.17) is 5.73 Å². The number of hydrogen-bond donors (Lipinski definition) is 3. The molecule has 4 rings (SSSR count). The average Bonchev–Trinajstić information content (AvgIpc) is 2.85. The maximum atomic E-state index is 12.6. The number of carbonyl (C=O) groups excluding carboxylic acids is 1. The largest absolute Gasteiger partial charge is 0.369 e. The van der Waals surface area contributed by atoms with Crippen LogP contribution in [-0.2, 0) is 0 Å². The Hall–Kier alpha value is -3.23. The van der Waals surface area contributed by atoms with Gasteiger partial charge in [0.25, 0.3) is 11.5 Å². The Kier molecular flexibility index (Phi) is 3.48. The number of anilines is 1. The lowest BCUT2D eigenvalue weighted by Gasteiger charge is -2.35. The van der Waals surface area contributed by atoms with Crippen LogP contribution >= 0.6 is 0 Å². The first-order valence-corrected chi connectivity index (χ1v) is 7.98. The number of aromatic nitrogens is 5. The summed E-state index contributed by atoms with van der Waals surface area (Å²) in [6, 6.07) is 3.24. The summed E-state index contributed by atoms with van der Waals surface area (Å²) in [5.74, 6) is 0.559. The highest BCUT2D eigenvalue weighted by Gasteiger charge is 2.33. The van der Waals surface area contributed by atoms with E-state index in [0.717, 1.165) is 12.8 Å². The zero-order valence-corrected chi connectivity index (χ0v) is 13.6. The van der Waals surface area contributed by atoms with Gasteiger partial charge in [-0.3, -0.25) is 19.0 Å². The third kappa shape index (κ3) is 2.73. The summed E-state index contributed by atoms with van der Waals surface area (Å²) in [4.78, 5) is 39.1. The lowest BCUT2D eigenvalue weighted by atomic mass is 9.78. The van der Waals surface area contributed by atoms with Crippen molar-refractivity contribution >= 4 is 17.6 Å². The summed E-state index contributed by atoms with van der Waals surface area (Å²) in [6.45, 7) is 1.79. The van der Waals surface area contributed by atoms with E-state index >= 15 is 0 Å². The van der Waals surface area contributed by atoms with Gasteiger partial charge in [0.2, 0.25) is 11.7 Å². The van der Waals surface area contributed by atoms with E-state index in [1.54, 1.807) is 29.8 Å². The minimum absolute atomic E-state index is 0.0291. The van der Waals surface area contributed by atoms with Gasteiger partial charge < -0.3 is 11.1 Å². The van der Waals surface area contributed by atoms with E-state index in [2.05, 4.69) is 25.3 Å². The van der Waals surface area contributed by atoms with E-state index in [1.807, 2.05) is 0 Å². The quantitative estimate of drug-likeness (QED) is 0.632. The smallest absolute Gasteiger partial charge is 0.270 e. The number of imidazole rings is 1. The van der Waals surface area contributed by atoms with Crippen molar-refractivity contribution in [2.45, 2.75) is 31.7 Å². The Balaban J connectivity index is 1.46. The number of aryl methyl sites for hydroxylation is 1. The Bertz CT molecular complexity index is 1020. The Labute approximate surface area is 142 Å². The summed E-state index contributed by atoms with van der Waals surface area (Å²) in [7, 11) is 0. The van der Waals surface area contributed by atoms with Crippen molar-refractivity contribution in [3.63, 3.8) is 0 Å². The summed E-state index contributed by atoms with van der Waals surface area (Å²) in [5.41, 5.74) is 7.11. The number of rotatable bonds is 3. The molecule has 1 amide bonds. The lowest BCUT2D eigenvalue weighted by Crippen LogP contribution is -2.44. The van der Waals surface area contributed by atoms with Gasteiger partial charge in [0.15, 0.2) is 0 Å². The molecule has 0 aromatic carbocycles. The van der Waals surface area contributed by atoms with E-state index in [0.29, 0.717) is 22.9 Å². The minimum Gasteiger partial charge on any atom is -0.369 e. The number of H-pyrrole nitrogens is 1. The molecule has 0 atom stereocenters. The third-order valence-corrected chi connectivity index (χ3v) is 4.46. The van der Waals surface area contributed by atoms with Gasteiger partial charge in [-0.05, 0) is 25.8 Å². The molecule has 3 aromatic heterocycles. The fourth-order valence-electron chi connectivity index (χ4n) is 3.21. The number of nitrogens with two attached hydrogens (primary N) is 1. The molecule has 1 fully saturated rings. The van der Waals surface area contributed by atoms with Crippen molar-refractivity contribution in [1.82, 2.24) is 29.7 Å². The number of aromatic amines is 1. The molecule has 9 heteroatoms. The van der Waals surface area contributed by atoms with Crippen molar-refractivity contribution in [3.8, 4) is 0 Å². The minimum atomic E-state index is -0.260. The van der Waals surface area contributed by atoms with Crippen molar-refractivity contribution in [3.05, 3.63) is 52.0 Å². The van der Waals surface area contributed by atoms with Crippen molar-refractivity contribution in [2.75, 3.05) is 5.73 Å². The molecule has 0 unspecified atom stereocenters. The van der Waals surface area contributed by atoms with Crippen LogP contribution in [0, 0.1) is 6.92 Å². The van der Waals surface area contributed by atoms with E-state index < -0.39 is 0 Å². The van der Waals surface area contributed by atoms with Crippen LogP contribution in [-0.4, -0.2) is 36.3 Å². The Morgan fingerprint density at radius 3 is 2.96 bits per heavy atom. The molecule has 9 nitrogen and oxygen atoms in total. The lowest BCUT2D eigenvalue weighted by molar-refractivity contribution is 0.0901. The Morgan fingerprint density at radius 1 is 1.40 bits per heavy atom. The molecule has 3 aromatic rings. The molecule has 128 valence electrons. The summed E-state index contributed by atoms with van der Waals surface area (Å²) >= 11 is 0. The molecule has 1 aliphatic carbocycles. The van der Waals surface area contributed by atoms with Gasteiger partial charge in [0.1, 0.15) is 5.69 Å². The van der Waals surface area contributed by atoms with Crippen LogP contribution in [0.15, 0.2) is 29.3 Å². The first-order valence-electron chi connectivity index (χ1n) is 7.98. The highest BCUT2D eigenvalue weighted by molar-refractivity contribution is 5.94. The molecule has 0 saturated heterocycles. The summed E-state index contributed by atoms with van der Waals surface area (Å²) in [5, 5.41) is 3.01. The first-order chi connectivity index (χ1) is 12.0. The van der Waals surface area contributed by atoms with Crippen LogP contribution in [0.4, 0.5) is 5.95 Å². The van der Waals surface area contributed by atoms with E-state index in [1.165, 1.54) is 6.07 Å². The monoisotopic (exact) mass is 339 g/mol. The molecule has 3 heterocycles. The van der Waals surface area contributed by atoms with Gasteiger partial charge >= 0.3 is 0 Å². The molecular weight excluding hydrogens is 322 g/mol. The second-order valence-electron chi connectivity index (χ2n) is 6.23. The van der Waals surface area contributed by atoms with Crippen LogP contribution in [0.2, 0.25) is 0 Å². The Morgan fingerprint density at radius 2 is 2.20 bits per heavy atom. The number of nitrogen functional groups attached to an aromatic ring is 1. The fourth-order valence-corrected chi connectivity index (χ4v) is 3.21. The third-order valence-electron chi connectivity index (χ3n) is 4.46. The number of nitrogens with one attached hydrogen (secondary N) is 2. The van der Waals surface area contributed by atoms with Gasteiger partial charge in [-0.25, -0.2) is 15.0 Å². The predicted octanol–water partition coefficient (Wildman–Crippen LogP) is 0.379. The van der Waals surface area contributed by atoms with Crippen LogP contribution in [0.1, 0.15) is 40.6 Å². The first kappa shape index (κ1) is 15.3. The normalized spacial score (nSPS) is 19.6. The maximum absolute atomic E-state index is 12.6. The number of carbonyl (C=O) groups is 1. The highest BCUT2D eigenvalue weighted by atomic mass is 16.2. The topological polar surface area (TPSA) is 131 Å². The van der Waals surface area contributed by atoms with Crippen LogP contribution < -0.4 is 16.6 Å². The second-order valence-corrected chi connectivity index (χ2v) is 6.23. The van der Waals surface area contributed by atoms with Gasteiger partial charge in [-0.1, -0.05) is 0 Å². The van der Waals surface area contributed by atoms with Gasteiger partial charge in [-0.15, -0.1) is 0 Å². The molecule has 1 saturated carbocycles. The molecule has 0 spiro atoms. The number of amides is 1. The van der Waals surface area contributed by atoms with Gasteiger partial charge in [0, 0.05) is 30.4 Å². The van der Waals surface area contributed by atoms with Gasteiger partial charge in [-0.2, -0.15) is 0 Å². The predicted molar refractivity (Wildman–Crippen MR) is 90.2 cm³/mol. The second kappa shape index (κ2) is 5.69. The summed E-state index contributed by atoms with van der Waals surface area (Å²) < 4.78 is 1.68. The fraction of sp³-hybridized carbons (Fsp3) is 0.312. The van der Waals surface area contributed by atoms with Crippen molar-refractivity contribution in [2.24, 2.45) is 0 Å². The van der Waals surface area contributed by atoms with Crippen LogP contribution in [0.5, 0.6) is 0 Å². The molecular formula is C16H17N7O2. The van der Waals surface area contributed by atoms with Crippen molar-refractivity contribution < 1.29 is 4.79 Å². The van der Waals surface area contributed by atoms with E-state index in [9.17, 15) is 9.59 Å². The van der Waals surface area contributed by atoms with Crippen LogP contribution in [0.3, 0.4) is 0 Å². The SMILES string of the molecule is Cc1nc2ncccn2c1C(=O)NC1CC(c2cc(=O)[nH]c(N)n2)C1. The molecule has 25 heavy (non-hydrogen) atoms. The number of nitrogens with zero attached hydrogens (tertiary/aromatic N) is 4. The molecule has 0 aliphatic heterocycles. The average molecular weight is 339 g/mol. The molecule has 0 bridgehead atoms. The van der Waals surface area contributed by atoms with Crippen LogP contribution in [0.25, 0.3) is 5.78 Å². The molecule has 0 radical (unpaired) electrons. The molecule has 1 aliphatic rings. The summed E-state index contributed by atoms with van der Waals surface area (Å²) in [6.07, 6.45) is 4.84. The highest BCUT2D eigenvalue weighted by Crippen LogP contribution is 2.35. The number of fused-ring (bicyclic) bond motifs is 1. The van der Waals surface area contributed by atoms with Gasteiger partial charge in [0.05, 0.1) is 11.4 Å². The zero-order valence-electron chi connectivity index (χ0n) is 13.6. The standard InChI is InChI=1S/C16H17N7O2/c1-8-13(23-4-2-3-18-16(23)19-8)14(25)20-10-5-9(6-10)11-7-12(24)22-15(17)21-11/h2-4,7,9-10H,5-6H2,1H3,(H,20,25)(H3,17,21,22,24). The zero-order chi connectivity index (χ0) is 17.6. The van der Waals surface area contributed by atoms with Crippen molar-refractivity contribution in [1.29, 1.82) is 0 Å².